The van der Waals surface area contributed by atoms with E-state index in [2.05, 4.69) is 10.8 Å². The van der Waals surface area contributed by atoms with Crippen LogP contribution in [0.1, 0.15) is 44.6 Å². The maximum absolute atomic E-state index is 12.6. The molecule has 0 heterocycles. The molecule has 0 bridgehead atoms. The van der Waals surface area contributed by atoms with Gasteiger partial charge in [-0.25, -0.2) is 8.42 Å². The molecule has 0 fully saturated rings. The van der Waals surface area contributed by atoms with Gasteiger partial charge in [0, 0.05) is 0 Å². The third-order valence-corrected chi connectivity index (χ3v) is 5.54. The minimum atomic E-state index is -3.77. The second-order valence-electron chi connectivity index (χ2n) is 6.05. The molecule has 1 aliphatic rings. The molecule has 1 aromatic carbocycles. The number of nitrogens with one attached hydrogen (secondary N) is 1. The van der Waals surface area contributed by atoms with Crippen molar-refractivity contribution in [3.8, 4) is 0 Å². The molecule has 2 rings (SSSR count). The average Bonchev–Trinajstić information content (AvgIpc) is 2.55. The molecule has 1 atom stereocenters. The molecule has 6 heteroatoms. The highest BCUT2D eigenvalue weighted by Crippen LogP contribution is 2.22. The Bertz CT molecular complexity index is 692. The van der Waals surface area contributed by atoms with Crippen molar-refractivity contribution < 1.29 is 17.9 Å². The van der Waals surface area contributed by atoms with Crippen LogP contribution in [-0.4, -0.2) is 27.0 Å². The Kier molecular flexibility index (Phi) is 6.57. The van der Waals surface area contributed by atoms with Crippen LogP contribution in [0, 0.1) is 6.92 Å². The van der Waals surface area contributed by atoms with Crippen LogP contribution in [0.25, 0.3) is 0 Å². The van der Waals surface area contributed by atoms with Crippen LogP contribution in [0.2, 0.25) is 0 Å². The van der Waals surface area contributed by atoms with Gasteiger partial charge in [0.15, 0.2) is 0 Å². The second-order valence-corrected chi connectivity index (χ2v) is 7.77. The van der Waals surface area contributed by atoms with Gasteiger partial charge in [-0.1, -0.05) is 29.3 Å². The van der Waals surface area contributed by atoms with Gasteiger partial charge >= 0.3 is 5.97 Å². The Hall–Kier alpha value is -1.66. The first-order chi connectivity index (χ1) is 11.4. The molecule has 132 valence electrons. The van der Waals surface area contributed by atoms with Gasteiger partial charge in [0.1, 0.15) is 6.04 Å². The number of carbonyl (C=O) groups excluding carboxylic acids is 1. The van der Waals surface area contributed by atoms with Crippen LogP contribution < -0.4 is 4.72 Å². The summed E-state index contributed by atoms with van der Waals surface area (Å²) in [6.45, 7) is 3.82. The first-order valence-corrected chi connectivity index (χ1v) is 9.84. The van der Waals surface area contributed by atoms with Gasteiger partial charge in [-0.2, -0.15) is 4.72 Å². The molecule has 0 saturated carbocycles. The lowest BCUT2D eigenvalue weighted by atomic mass is 9.94. The highest BCUT2D eigenvalue weighted by molar-refractivity contribution is 7.89. The van der Waals surface area contributed by atoms with E-state index in [0.29, 0.717) is 6.42 Å². The first-order valence-electron chi connectivity index (χ1n) is 8.36. The van der Waals surface area contributed by atoms with E-state index in [-0.39, 0.29) is 11.5 Å². The number of allylic oxidation sites excluding steroid dienone is 1. The van der Waals surface area contributed by atoms with E-state index >= 15 is 0 Å². The average molecular weight is 351 g/mol. The third kappa shape index (κ3) is 5.18. The van der Waals surface area contributed by atoms with Crippen LogP contribution in [0.5, 0.6) is 0 Å². The fourth-order valence-corrected chi connectivity index (χ4v) is 3.93. The Labute approximate surface area is 144 Å². The van der Waals surface area contributed by atoms with Crippen molar-refractivity contribution in [1.82, 2.24) is 4.72 Å². The van der Waals surface area contributed by atoms with Gasteiger partial charge in [-0.15, -0.1) is 0 Å². The van der Waals surface area contributed by atoms with Crippen LogP contribution in [0.4, 0.5) is 0 Å². The molecular weight excluding hydrogens is 326 g/mol. The monoisotopic (exact) mass is 351 g/mol. The van der Waals surface area contributed by atoms with Crippen molar-refractivity contribution in [1.29, 1.82) is 0 Å². The number of hydrogen-bond acceptors (Lipinski definition) is 4. The third-order valence-electron chi connectivity index (χ3n) is 4.05. The largest absolute Gasteiger partial charge is 0.465 e. The van der Waals surface area contributed by atoms with E-state index in [1.54, 1.807) is 31.2 Å². The fourth-order valence-electron chi connectivity index (χ4n) is 2.74. The highest BCUT2D eigenvalue weighted by atomic mass is 32.2. The number of esters is 1. The lowest BCUT2D eigenvalue weighted by Crippen LogP contribution is -2.42. The van der Waals surface area contributed by atoms with Gasteiger partial charge in [-0.3, -0.25) is 4.79 Å². The second kappa shape index (κ2) is 8.44. The molecule has 1 aromatic rings. The van der Waals surface area contributed by atoms with E-state index in [1.807, 2.05) is 6.92 Å². The van der Waals surface area contributed by atoms with E-state index < -0.39 is 22.0 Å². The molecule has 0 spiro atoms. The van der Waals surface area contributed by atoms with Gasteiger partial charge in [0.25, 0.3) is 0 Å². The van der Waals surface area contributed by atoms with Crippen molar-refractivity contribution in [3.05, 3.63) is 41.5 Å². The van der Waals surface area contributed by atoms with Crippen molar-refractivity contribution in [2.24, 2.45) is 0 Å². The summed E-state index contributed by atoms with van der Waals surface area (Å²) in [5.74, 6) is -0.528. The first kappa shape index (κ1) is 18.7. The Morgan fingerprint density at radius 3 is 2.54 bits per heavy atom. The Balaban J connectivity index is 2.18. The van der Waals surface area contributed by atoms with Crippen molar-refractivity contribution in [2.45, 2.75) is 56.9 Å². The smallest absolute Gasteiger partial charge is 0.324 e. The molecule has 24 heavy (non-hydrogen) atoms. The number of aryl methyl sites for hydroxylation is 1. The zero-order chi connectivity index (χ0) is 17.6. The number of sulfonamides is 1. The minimum absolute atomic E-state index is 0.153. The molecule has 0 radical (unpaired) electrons. The zero-order valence-electron chi connectivity index (χ0n) is 14.2. The maximum atomic E-state index is 12.6. The van der Waals surface area contributed by atoms with E-state index in [0.717, 1.165) is 36.8 Å². The summed E-state index contributed by atoms with van der Waals surface area (Å²) in [6.07, 6.45) is 6.58. The molecule has 1 N–H and O–H groups in total. The molecule has 5 nitrogen and oxygen atoms in total. The van der Waals surface area contributed by atoms with Gasteiger partial charge in [-0.05, 0) is 58.1 Å². The summed E-state index contributed by atoms with van der Waals surface area (Å²) in [5.41, 5.74) is 2.09. The molecule has 0 aromatic heterocycles. The summed E-state index contributed by atoms with van der Waals surface area (Å²) >= 11 is 0. The van der Waals surface area contributed by atoms with Gasteiger partial charge in [0.05, 0.1) is 11.5 Å². The summed E-state index contributed by atoms with van der Waals surface area (Å²) in [6, 6.07) is 5.66. The predicted molar refractivity (Wildman–Crippen MR) is 93.1 cm³/mol. The number of benzene rings is 1. The van der Waals surface area contributed by atoms with Crippen molar-refractivity contribution >= 4 is 16.0 Å². The topological polar surface area (TPSA) is 72.5 Å². The van der Waals surface area contributed by atoms with Gasteiger partial charge in [0.2, 0.25) is 10.0 Å². The number of hydrogen-bond donors (Lipinski definition) is 1. The van der Waals surface area contributed by atoms with E-state index in [4.69, 9.17) is 4.74 Å². The van der Waals surface area contributed by atoms with Crippen LogP contribution in [0.3, 0.4) is 0 Å². The fraction of sp³-hybridized carbons (Fsp3) is 0.500. The van der Waals surface area contributed by atoms with E-state index in [9.17, 15) is 13.2 Å². The molecule has 0 saturated heterocycles. The lowest BCUT2D eigenvalue weighted by Gasteiger charge is -2.20. The number of ether oxygens (including phenoxy) is 1. The Morgan fingerprint density at radius 2 is 1.96 bits per heavy atom. The SMILES string of the molecule is CCOC(=O)C(CC1=CCCCC1)NS(=O)(=O)c1ccc(C)cc1. The summed E-state index contributed by atoms with van der Waals surface area (Å²) < 4.78 is 32.7. The van der Waals surface area contributed by atoms with Crippen molar-refractivity contribution in [2.75, 3.05) is 6.61 Å². The highest BCUT2D eigenvalue weighted by Gasteiger charge is 2.28. The maximum Gasteiger partial charge on any atom is 0.324 e. The molecule has 1 aliphatic carbocycles. The number of carbonyl (C=O) groups is 1. The Morgan fingerprint density at radius 1 is 1.25 bits per heavy atom. The van der Waals surface area contributed by atoms with Crippen LogP contribution in [0.15, 0.2) is 40.8 Å². The standard InChI is InChI=1S/C18H25NO4S/c1-3-23-18(20)17(13-15-7-5-4-6-8-15)19-24(21,22)16-11-9-14(2)10-12-16/h7,9-12,17,19H,3-6,8,13H2,1-2H3. The zero-order valence-corrected chi connectivity index (χ0v) is 15.1. The summed E-state index contributed by atoms with van der Waals surface area (Å²) in [4.78, 5) is 12.4. The summed E-state index contributed by atoms with van der Waals surface area (Å²) in [5, 5.41) is 0. The van der Waals surface area contributed by atoms with E-state index in [1.165, 1.54) is 0 Å². The predicted octanol–water partition coefficient (Wildman–Crippen LogP) is 3.10. The molecule has 0 amide bonds. The normalized spacial score (nSPS) is 16.3. The molecule has 0 aliphatic heterocycles. The van der Waals surface area contributed by atoms with Crippen molar-refractivity contribution in [3.63, 3.8) is 0 Å². The van der Waals surface area contributed by atoms with Crippen LogP contribution in [-0.2, 0) is 19.6 Å². The summed E-state index contributed by atoms with van der Waals surface area (Å²) in [7, 11) is -3.77. The number of rotatable bonds is 7. The van der Waals surface area contributed by atoms with Crippen LogP contribution >= 0.6 is 0 Å². The lowest BCUT2D eigenvalue weighted by molar-refractivity contribution is -0.145. The quantitative estimate of drug-likeness (QED) is 0.605. The van der Waals surface area contributed by atoms with Gasteiger partial charge < -0.3 is 4.74 Å². The minimum Gasteiger partial charge on any atom is -0.465 e. The molecular formula is C18H25NO4S. The molecule has 1 unspecified atom stereocenters.